The number of ether oxygens (including phenoxy) is 2. The summed E-state index contributed by atoms with van der Waals surface area (Å²) in [5.74, 6) is 0.270. The second-order valence-corrected chi connectivity index (χ2v) is 6.34. The van der Waals surface area contributed by atoms with Crippen molar-refractivity contribution >= 4 is 11.7 Å². The van der Waals surface area contributed by atoms with Crippen molar-refractivity contribution in [3.63, 3.8) is 0 Å². The van der Waals surface area contributed by atoms with Crippen molar-refractivity contribution < 1.29 is 19.4 Å². The lowest BCUT2D eigenvalue weighted by Crippen LogP contribution is -2.31. The fourth-order valence-corrected chi connectivity index (χ4v) is 3.11. The average Bonchev–Trinajstić information content (AvgIpc) is 2.74. The number of methoxy groups -OCH3 is 2. The molecule has 3 aromatic carbocycles. The highest BCUT2D eigenvalue weighted by Gasteiger charge is 2.20. The van der Waals surface area contributed by atoms with Crippen molar-refractivity contribution in [1.29, 1.82) is 0 Å². The first-order valence-corrected chi connectivity index (χ1v) is 8.97. The van der Waals surface area contributed by atoms with Gasteiger partial charge in [-0.3, -0.25) is 0 Å². The first kappa shape index (κ1) is 19.3. The quantitative estimate of drug-likeness (QED) is 0.606. The Hall–Kier alpha value is -3.47. The Labute approximate surface area is 164 Å². The van der Waals surface area contributed by atoms with Gasteiger partial charge in [-0.15, -0.1) is 0 Å². The lowest BCUT2D eigenvalue weighted by atomic mass is 10.0. The Morgan fingerprint density at radius 1 is 0.929 bits per heavy atom. The topological polar surface area (TPSA) is 67.8 Å². The molecule has 28 heavy (non-hydrogen) atoms. The predicted octanol–water partition coefficient (Wildman–Crippen LogP) is 4.48. The van der Waals surface area contributed by atoms with Crippen LogP contribution in [-0.2, 0) is 11.2 Å². The van der Waals surface area contributed by atoms with Gasteiger partial charge in [0.15, 0.2) is 11.5 Å². The maximum atomic E-state index is 11.9. The number of rotatable bonds is 8. The normalized spacial score (nSPS) is 11.5. The maximum Gasteiger partial charge on any atom is 0.326 e. The molecular weight excluding hydrogens is 354 g/mol. The number of benzene rings is 3. The molecule has 0 saturated heterocycles. The van der Waals surface area contributed by atoms with E-state index >= 15 is 0 Å². The summed E-state index contributed by atoms with van der Waals surface area (Å²) in [4.78, 5) is 11.9. The number of para-hydroxylation sites is 1. The van der Waals surface area contributed by atoms with Gasteiger partial charge in [-0.05, 0) is 29.3 Å². The van der Waals surface area contributed by atoms with Crippen LogP contribution in [0.4, 0.5) is 5.69 Å². The Morgan fingerprint density at radius 2 is 1.61 bits per heavy atom. The molecule has 1 atom stereocenters. The molecule has 5 nitrogen and oxygen atoms in total. The summed E-state index contributed by atoms with van der Waals surface area (Å²) in [6.45, 7) is 0. The summed E-state index contributed by atoms with van der Waals surface area (Å²) in [5.41, 5.74) is 3.61. The third-order valence-corrected chi connectivity index (χ3v) is 4.53. The number of aliphatic carboxylic acids is 1. The molecule has 3 aromatic rings. The van der Waals surface area contributed by atoms with E-state index in [4.69, 9.17) is 9.47 Å². The first-order chi connectivity index (χ1) is 13.6. The van der Waals surface area contributed by atoms with Gasteiger partial charge >= 0.3 is 5.97 Å². The summed E-state index contributed by atoms with van der Waals surface area (Å²) in [5, 5.41) is 13.0. The van der Waals surface area contributed by atoms with Gasteiger partial charge in [-0.25, -0.2) is 4.79 Å². The van der Waals surface area contributed by atoms with E-state index in [2.05, 4.69) is 5.32 Å². The summed E-state index contributed by atoms with van der Waals surface area (Å²) < 4.78 is 10.6. The summed E-state index contributed by atoms with van der Waals surface area (Å²) in [6, 6.07) is 22.2. The largest absolute Gasteiger partial charge is 0.493 e. The molecule has 0 saturated carbocycles. The minimum absolute atomic E-state index is 0.304. The van der Waals surface area contributed by atoms with Crippen LogP contribution in [0.2, 0.25) is 0 Å². The van der Waals surface area contributed by atoms with Crippen LogP contribution in [-0.4, -0.2) is 31.3 Å². The van der Waals surface area contributed by atoms with Gasteiger partial charge in [0.2, 0.25) is 0 Å². The third-order valence-electron chi connectivity index (χ3n) is 4.53. The van der Waals surface area contributed by atoms with Crippen LogP contribution in [0.1, 0.15) is 5.56 Å². The van der Waals surface area contributed by atoms with Gasteiger partial charge in [0.25, 0.3) is 0 Å². The Morgan fingerprint density at radius 3 is 2.29 bits per heavy atom. The van der Waals surface area contributed by atoms with Crippen LogP contribution in [0.5, 0.6) is 11.5 Å². The van der Waals surface area contributed by atoms with Crippen LogP contribution < -0.4 is 14.8 Å². The smallest absolute Gasteiger partial charge is 0.326 e. The van der Waals surface area contributed by atoms with E-state index in [9.17, 15) is 9.90 Å². The molecule has 1 unspecified atom stereocenters. The highest BCUT2D eigenvalue weighted by molar-refractivity contribution is 5.83. The van der Waals surface area contributed by atoms with Crippen molar-refractivity contribution in [2.75, 3.05) is 19.5 Å². The van der Waals surface area contributed by atoms with Crippen LogP contribution in [0.15, 0.2) is 72.8 Å². The van der Waals surface area contributed by atoms with E-state index in [0.717, 1.165) is 22.4 Å². The molecule has 5 heteroatoms. The summed E-state index contributed by atoms with van der Waals surface area (Å²) in [6.07, 6.45) is 0.304. The molecule has 0 spiro atoms. The van der Waals surface area contributed by atoms with Crippen molar-refractivity contribution in [1.82, 2.24) is 0 Å². The van der Waals surface area contributed by atoms with E-state index in [1.807, 2.05) is 60.7 Å². The standard InChI is InChI=1S/C23H23NO4/c1-27-21-13-12-16(15-22(21)28-2)14-20(23(25)26)24-19-11-7-6-10-18(19)17-8-4-3-5-9-17/h3-13,15,20,24H,14H2,1-2H3,(H,25,26). The SMILES string of the molecule is COc1ccc(CC(Nc2ccccc2-c2ccccc2)C(=O)O)cc1OC. The Kier molecular flexibility index (Phi) is 6.17. The lowest BCUT2D eigenvalue weighted by molar-refractivity contribution is -0.137. The fraction of sp³-hybridized carbons (Fsp3) is 0.174. The summed E-state index contributed by atoms with van der Waals surface area (Å²) >= 11 is 0. The third kappa shape index (κ3) is 4.43. The highest BCUT2D eigenvalue weighted by Crippen LogP contribution is 2.30. The zero-order chi connectivity index (χ0) is 19.9. The van der Waals surface area contributed by atoms with Gasteiger partial charge < -0.3 is 19.9 Å². The second-order valence-electron chi connectivity index (χ2n) is 6.34. The van der Waals surface area contributed by atoms with E-state index < -0.39 is 12.0 Å². The number of carbonyl (C=O) groups is 1. The summed E-state index contributed by atoms with van der Waals surface area (Å²) in [7, 11) is 3.13. The molecule has 0 bridgehead atoms. The molecular formula is C23H23NO4. The number of anilines is 1. The van der Waals surface area contributed by atoms with Crippen LogP contribution in [0.3, 0.4) is 0 Å². The highest BCUT2D eigenvalue weighted by atomic mass is 16.5. The van der Waals surface area contributed by atoms with Gasteiger partial charge in [0.05, 0.1) is 14.2 Å². The number of carboxylic acids is 1. The van der Waals surface area contributed by atoms with Gasteiger partial charge in [-0.2, -0.15) is 0 Å². The van der Waals surface area contributed by atoms with Gasteiger partial charge in [0, 0.05) is 17.7 Å². The first-order valence-electron chi connectivity index (χ1n) is 8.97. The van der Waals surface area contributed by atoms with Crippen LogP contribution >= 0.6 is 0 Å². The average molecular weight is 377 g/mol. The number of hydrogen-bond donors (Lipinski definition) is 2. The predicted molar refractivity (Wildman–Crippen MR) is 110 cm³/mol. The monoisotopic (exact) mass is 377 g/mol. The minimum Gasteiger partial charge on any atom is -0.493 e. The number of nitrogens with one attached hydrogen (secondary N) is 1. The molecule has 0 amide bonds. The molecule has 0 heterocycles. The minimum atomic E-state index is -0.919. The molecule has 0 radical (unpaired) electrons. The maximum absolute atomic E-state index is 11.9. The van der Waals surface area contributed by atoms with E-state index in [0.29, 0.717) is 17.9 Å². The Balaban J connectivity index is 1.86. The van der Waals surface area contributed by atoms with Crippen LogP contribution in [0, 0.1) is 0 Å². The Bertz CT molecular complexity index is 940. The van der Waals surface area contributed by atoms with Gasteiger partial charge in [0.1, 0.15) is 6.04 Å². The van der Waals surface area contributed by atoms with Crippen molar-refractivity contribution in [3.05, 3.63) is 78.4 Å². The van der Waals surface area contributed by atoms with Crippen molar-refractivity contribution in [2.45, 2.75) is 12.5 Å². The van der Waals surface area contributed by atoms with E-state index in [1.54, 1.807) is 26.4 Å². The molecule has 144 valence electrons. The molecule has 0 aliphatic carbocycles. The molecule has 3 rings (SSSR count). The fourth-order valence-electron chi connectivity index (χ4n) is 3.11. The molecule has 0 aliphatic rings. The van der Waals surface area contributed by atoms with Crippen LogP contribution in [0.25, 0.3) is 11.1 Å². The molecule has 0 aliphatic heterocycles. The van der Waals surface area contributed by atoms with E-state index in [-0.39, 0.29) is 0 Å². The second kappa shape index (κ2) is 8.95. The lowest BCUT2D eigenvalue weighted by Gasteiger charge is -2.19. The van der Waals surface area contributed by atoms with E-state index in [1.165, 1.54) is 0 Å². The zero-order valence-electron chi connectivity index (χ0n) is 15.9. The van der Waals surface area contributed by atoms with Gasteiger partial charge in [-0.1, -0.05) is 54.6 Å². The zero-order valence-corrected chi connectivity index (χ0v) is 15.9. The van der Waals surface area contributed by atoms with Crippen molar-refractivity contribution in [2.24, 2.45) is 0 Å². The number of hydrogen-bond acceptors (Lipinski definition) is 4. The van der Waals surface area contributed by atoms with Crippen molar-refractivity contribution in [3.8, 4) is 22.6 Å². The molecule has 0 fully saturated rings. The number of carboxylic acid groups (broad SMARTS) is 1. The molecule has 2 N–H and O–H groups in total. The molecule has 0 aromatic heterocycles.